The summed E-state index contributed by atoms with van der Waals surface area (Å²) in [6.45, 7) is 6.76. The van der Waals surface area contributed by atoms with E-state index in [0.717, 1.165) is 39.0 Å². The van der Waals surface area contributed by atoms with E-state index >= 15 is 0 Å². The Morgan fingerprint density at radius 1 is 1.18 bits per heavy atom. The predicted octanol–water partition coefficient (Wildman–Crippen LogP) is 1.13. The molecule has 0 spiro atoms. The molecule has 2 heterocycles. The van der Waals surface area contributed by atoms with Crippen LogP contribution in [0.5, 0.6) is 0 Å². The molecule has 0 unspecified atom stereocenters. The molecule has 8 heteroatoms. The maximum Gasteiger partial charge on any atom is 0.319 e. The zero-order valence-electron chi connectivity index (χ0n) is 16.4. The number of ether oxygens (including phenoxy) is 1. The summed E-state index contributed by atoms with van der Waals surface area (Å²) in [6.07, 6.45) is 2.08. The van der Waals surface area contributed by atoms with Crippen LogP contribution in [0.2, 0.25) is 0 Å². The zero-order valence-corrected chi connectivity index (χ0v) is 16.4. The van der Waals surface area contributed by atoms with Crippen molar-refractivity contribution in [1.29, 1.82) is 0 Å². The number of anilines is 1. The van der Waals surface area contributed by atoms with Gasteiger partial charge in [-0.1, -0.05) is 6.07 Å². The van der Waals surface area contributed by atoms with Crippen molar-refractivity contribution >= 4 is 17.6 Å². The predicted molar refractivity (Wildman–Crippen MR) is 106 cm³/mol. The number of aliphatic hydroxyl groups is 1. The van der Waals surface area contributed by atoms with Crippen LogP contribution in [-0.4, -0.2) is 84.9 Å². The van der Waals surface area contributed by atoms with Crippen LogP contribution in [0.15, 0.2) is 24.3 Å². The van der Waals surface area contributed by atoms with Gasteiger partial charge in [-0.25, -0.2) is 4.79 Å². The second kappa shape index (κ2) is 9.36. The first-order valence-corrected chi connectivity index (χ1v) is 9.90. The van der Waals surface area contributed by atoms with Crippen molar-refractivity contribution in [3.63, 3.8) is 0 Å². The first-order valence-electron chi connectivity index (χ1n) is 9.90. The minimum Gasteiger partial charge on any atom is -0.387 e. The van der Waals surface area contributed by atoms with Crippen molar-refractivity contribution < 1.29 is 19.4 Å². The molecular formula is C20H30N4O4. The molecule has 3 rings (SSSR count). The lowest BCUT2D eigenvalue weighted by molar-refractivity contribution is -0.0205. The highest BCUT2D eigenvalue weighted by atomic mass is 16.5. The largest absolute Gasteiger partial charge is 0.387 e. The summed E-state index contributed by atoms with van der Waals surface area (Å²) in [5, 5.41) is 16.0. The fourth-order valence-electron chi connectivity index (χ4n) is 3.58. The number of nitrogens with zero attached hydrogens (tertiary/aromatic N) is 2. The minimum atomic E-state index is -1.04. The van der Waals surface area contributed by atoms with Gasteiger partial charge in [-0.15, -0.1) is 0 Å². The highest BCUT2D eigenvalue weighted by molar-refractivity contribution is 5.97. The van der Waals surface area contributed by atoms with Crippen LogP contribution in [0.1, 0.15) is 30.1 Å². The van der Waals surface area contributed by atoms with Crippen LogP contribution in [-0.2, 0) is 4.74 Å². The summed E-state index contributed by atoms with van der Waals surface area (Å²) in [5.74, 6) is -0.00463. The Morgan fingerprint density at radius 3 is 2.61 bits per heavy atom. The van der Waals surface area contributed by atoms with E-state index in [9.17, 15) is 14.7 Å². The van der Waals surface area contributed by atoms with E-state index in [2.05, 4.69) is 15.5 Å². The van der Waals surface area contributed by atoms with Gasteiger partial charge in [0, 0.05) is 50.5 Å². The molecule has 3 N–H and O–H groups in total. The van der Waals surface area contributed by atoms with E-state index in [-0.39, 0.29) is 12.5 Å². The summed E-state index contributed by atoms with van der Waals surface area (Å²) in [5.41, 5.74) is 0.0804. The molecule has 154 valence electrons. The van der Waals surface area contributed by atoms with Gasteiger partial charge in [0.1, 0.15) is 0 Å². The van der Waals surface area contributed by atoms with Gasteiger partial charge in [0.15, 0.2) is 0 Å². The number of hydrogen-bond acceptors (Lipinski definition) is 5. The first-order chi connectivity index (χ1) is 13.4. The molecule has 0 saturated carbocycles. The highest BCUT2D eigenvalue weighted by Crippen LogP contribution is 2.16. The number of amides is 3. The van der Waals surface area contributed by atoms with Gasteiger partial charge >= 0.3 is 6.03 Å². The summed E-state index contributed by atoms with van der Waals surface area (Å²) >= 11 is 0. The van der Waals surface area contributed by atoms with Crippen molar-refractivity contribution in [2.24, 2.45) is 0 Å². The van der Waals surface area contributed by atoms with Gasteiger partial charge in [0.2, 0.25) is 0 Å². The van der Waals surface area contributed by atoms with Crippen molar-refractivity contribution in [3.8, 4) is 0 Å². The van der Waals surface area contributed by atoms with Gasteiger partial charge in [-0.2, -0.15) is 0 Å². The third-order valence-electron chi connectivity index (χ3n) is 5.06. The maximum absolute atomic E-state index is 12.5. The minimum absolute atomic E-state index is 0.00463. The molecular weight excluding hydrogens is 360 g/mol. The number of β-amino-alcohol motifs (C(OH)–C–C–N with tert-alkyl or cyclic N) is 1. The summed E-state index contributed by atoms with van der Waals surface area (Å²) in [7, 11) is 0. The van der Waals surface area contributed by atoms with E-state index in [1.165, 1.54) is 0 Å². The molecule has 2 saturated heterocycles. The Balaban J connectivity index is 1.48. The number of benzene rings is 1. The van der Waals surface area contributed by atoms with Crippen molar-refractivity contribution in [1.82, 2.24) is 15.1 Å². The van der Waals surface area contributed by atoms with E-state index < -0.39 is 11.6 Å². The Kier molecular flexibility index (Phi) is 6.88. The molecule has 2 aliphatic heterocycles. The standard InChI is InChI=1S/C20H30N4O4/c1-20(27,15-23-9-11-28-12-10-23)14-21-19(26)22-17-6-4-5-16(13-17)18(25)24-7-2-3-8-24/h4-6,13,27H,2-3,7-12,14-15H2,1H3,(H2,21,22,26)/t20-/m1/s1. The molecule has 0 radical (unpaired) electrons. The quantitative estimate of drug-likeness (QED) is 0.677. The number of carbonyl (C=O) groups is 2. The number of rotatable bonds is 6. The second-order valence-corrected chi connectivity index (χ2v) is 7.77. The van der Waals surface area contributed by atoms with Gasteiger partial charge in [0.25, 0.3) is 5.91 Å². The molecule has 0 aromatic heterocycles. The normalized spacial score (nSPS) is 19.9. The van der Waals surface area contributed by atoms with Crippen LogP contribution in [0.4, 0.5) is 10.5 Å². The van der Waals surface area contributed by atoms with Crippen molar-refractivity contribution in [3.05, 3.63) is 29.8 Å². The smallest absolute Gasteiger partial charge is 0.319 e. The average molecular weight is 390 g/mol. The van der Waals surface area contributed by atoms with E-state index in [0.29, 0.717) is 31.0 Å². The molecule has 1 atom stereocenters. The van der Waals surface area contributed by atoms with Crippen LogP contribution in [0, 0.1) is 0 Å². The molecule has 3 amide bonds. The SMILES string of the molecule is C[C@@](O)(CNC(=O)Nc1cccc(C(=O)N2CCCC2)c1)CN1CCOCC1. The number of carbonyl (C=O) groups excluding carboxylic acids is 2. The lowest BCUT2D eigenvalue weighted by atomic mass is 10.1. The van der Waals surface area contributed by atoms with Crippen molar-refractivity contribution in [2.45, 2.75) is 25.4 Å². The van der Waals surface area contributed by atoms with Gasteiger partial charge < -0.3 is 25.4 Å². The molecule has 0 bridgehead atoms. The summed E-state index contributed by atoms with van der Waals surface area (Å²) < 4.78 is 5.31. The van der Waals surface area contributed by atoms with E-state index in [4.69, 9.17) is 4.74 Å². The Bertz CT molecular complexity index is 683. The zero-order chi connectivity index (χ0) is 20.0. The van der Waals surface area contributed by atoms with Crippen LogP contribution in [0.25, 0.3) is 0 Å². The van der Waals surface area contributed by atoms with Crippen LogP contribution in [0.3, 0.4) is 0 Å². The number of hydrogen-bond donors (Lipinski definition) is 3. The number of likely N-dealkylation sites (tertiary alicyclic amines) is 1. The molecule has 0 aliphatic carbocycles. The van der Waals surface area contributed by atoms with Crippen molar-refractivity contribution in [2.75, 3.05) is 57.8 Å². The fraction of sp³-hybridized carbons (Fsp3) is 0.600. The Labute approximate surface area is 165 Å². The molecule has 8 nitrogen and oxygen atoms in total. The number of urea groups is 1. The van der Waals surface area contributed by atoms with Crippen LogP contribution < -0.4 is 10.6 Å². The maximum atomic E-state index is 12.5. The second-order valence-electron chi connectivity index (χ2n) is 7.77. The van der Waals surface area contributed by atoms with E-state index in [1.54, 1.807) is 31.2 Å². The number of morpholine rings is 1. The lowest BCUT2D eigenvalue weighted by Gasteiger charge is -2.33. The topological polar surface area (TPSA) is 94.1 Å². The number of nitrogens with one attached hydrogen (secondary N) is 2. The van der Waals surface area contributed by atoms with E-state index in [1.807, 2.05) is 4.90 Å². The highest BCUT2D eigenvalue weighted by Gasteiger charge is 2.26. The third kappa shape index (κ3) is 5.92. The lowest BCUT2D eigenvalue weighted by Crippen LogP contribution is -2.51. The molecule has 1 aromatic carbocycles. The van der Waals surface area contributed by atoms with Gasteiger partial charge in [-0.05, 0) is 38.0 Å². The monoisotopic (exact) mass is 390 g/mol. The summed E-state index contributed by atoms with van der Waals surface area (Å²) in [6, 6.07) is 6.54. The Morgan fingerprint density at radius 2 is 1.89 bits per heavy atom. The first kappa shape index (κ1) is 20.6. The Hall–Kier alpha value is -2.16. The third-order valence-corrected chi connectivity index (χ3v) is 5.06. The molecule has 1 aromatic rings. The molecule has 2 fully saturated rings. The molecule has 28 heavy (non-hydrogen) atoms. The summed E-state index contributed by atoms with van der Waals surface area (Å²) in [4.78, 5) is 28.7. The molecule has 2 aliphatic rings. The average Bonchev–Trinajstić information content (AvgIpc) is 3.21. The van der Waals surface area contributed by atoms with Crippen LogP contribution >= 0.6 is 0 Å². The van der Waals surface area contributed by atoms with Gasteiger partial charge in [0.05, 0.1) is 18.8 Å². The van der Waals surface area contributed by atoms with Gasteiger partial charge in [-0.3, -0.25) is 9.69 Å². The fourth-order valence-corrected chi connectivity index (χ4v) is 3.58.